The normalized spacial score (nSPS) is 12.1. The number of aromatic nitrogens is 2. The monoisotopic (exact) mass is 377 g/mol. The predicted octanol–water partition coefficient (Wildman–Crippen LogP) is 3.54. The molecule has 3 rings (SSSR count). The van der Waals surface area contributed by atoms with Crippen LogP contribution in [-0.4, -0.2) is 39.2 Å². The summed E-state index contributed by atoms with van der Waals surface area (Å²) in [6.07, 6.45) is 4.82. The highest BCUT2D eigenvalue weighted by atomic mass is 16.5. The van der Waals surface area contributed by atoms with Crippen LogP contribution >= 0.6 is 0 Å². The van der Waals surface area contributed by atoms with Crippen LogP contribution in [0.1, 0.15) is 22.4 Å². The van der Waals surface area contributed by atoms with Crippen LogP contribution in [0.2, 0.25) is 0 Å². The van der Waals surface area contributed by atoms with Crippen LogP contribution in [0.5, 0.6) is 5.75 Å². The third-order valence-electron chi connectivity index (χ3n) is 4.57. The molecule has 2 heterocycles. The number of aliphatic hydroxyl groups excluding tert-OH is 1. The molecule has 1 atom stereocenters. The first kappa shape index (κ1) is 20.0. The Labute approximate surface area is 166 Å². The van der Waals surface area contributed by atoms with Gasteiger partial charge in [0.2, 0.25) is 0 Å². The van der Waals surface area contributed by atoms with Crippen molar-refractivity contribution in [3.05, 3.63) is 89.5 Å². The van der Waals surface area contributed by atoms with Crippen LogP contribution in [0.15, 0.2) is 67.1 Å². The summed E-state index contributed by atoms with van der Waals surface area (Å²) < 4.78 is 5.75. The molecule has 0 aliphatic heterocycles. The molecule has 0 saturated heterocycles. The minimum absolute atomic E-state index is 0.249. The number of hydrogen-bond donors (Lipinski definition) is 1. The predicted molar refractivity (Wildman–Crippen MR) is 110 cm³/mol. The van der Waals surface area contributed by atoms with Gasteiger partial charge in [-0.15, -0.1) is 0 Å². The van der Waals surface area contributed by atoms with Gasteiger partial charge in [-0.05, 0) is 49.2 Å². The van der Waals surface area contributed by atoms with Gasteiger partial charge < -0.3 is 9.84 Å². The van der Waals surface area contributed by atoms with E-state index in [0.717, 1.165) is 22.6 Å². The molecule has 0 saturated carbocycles. The second kappa shape index (κ2) is 9.97. The summed E-state index contributed by atoms with van der Waals surface area (Å²) in [5.74, 6) is 0.770. The Morgan fingerprint density at radius 1 is 1.00 bits per heavy atom. The maximum Gasteiger partial charge on any atom is 0.119 e. The van der Waals surface area contributed by atoms with Crippen LogP contribution in [-0.2, 0) is 13.1 Å². The van der Waals surface area contributed by atoms with Gasteiger partial charge in [-0.25, -0.2) is 0 Å². The summed E-state index contributed by atoms with van der Waals surface area (Å²) in [7, 11) is 0. The number of pyridine rings is 2. The third kappa shape index (κ3) is 6.15. The number of benzene rings is 1. The summed E-state index contributed by atoms with van der Waals surface area (Å²) in [4.78, 5) is 10.8. The van der Waals surface area contributed by atoms with Gasteiger partial charge in [0.25, 0.3) is 0 Å². The highest BCUT2D eigenvalue weighted by Gasteiger charge is 2.15. The zero-order valence-electron chi connectivity index (χ0n) is 16.5. The van der Waals surface area contributed by atoms with E-state index in [1.165, 1.54) is 5.56 Å². The molecule has 5 heteroatoms. The lowest BCUT2D eigenvalue weighted by atomic mass is 10.1. The fourth-order valence-corrected chi connectivity index (χ4v) is 3.04. The minimum atomic E-state index is -0.602. The third-order valence-corrected chi connectivity index (χ3v) is 4.57. The number of ether oxygens (including phenoxy) is 1. The van der Waals surface area contributed by atoms with Crippen LogP contribution < -0.4 is 4.74 Å². The van der Waals surface area contributed by atoms with Crippen molar-refractivity contribution in [2.75, 3.05) is 13.2 Å². The van der Waals surface area contributed by atoms with E-state index < -0.39 is 6.10 Å². The molecule has 1 N–H and O–H groups in total. The molecular formula is C23H27N3O2. The first-order valence-electron chi connectivity index (χ1n) is 9.49. The Balaban J connectivity index is 1.63. The number of hydrogen-bond acceptors (Lipinski definition) is 5. The van der Waals surface area contributed by atoms with Crippen molar-refractivity contribution in [2.24, 2.45) is 0 Å². The first-order valence-corrected chi connectivity index (χ1v) is 9.49. The summed E-state index contributed by atoms with van der Waals surface area (Å²) in [6, 6.07) is 15.9. The average molecular weight is 377 g/mol. The molecule has 146 valence electrons. The van der Waals surface area contributed by atoms with Crippen molar-refractivity contribution in [3.63, 3.8) is 0 Å². The summed E-state index contributed by atoms with van der Waals surface area (Å²) in [5.41, 5.74) is 4.44. The van der Waals surface area contributed by atoms with Gasteiger partial charge in [0.05, 0.1) is 0 Å². The molecule has 3 aromatic rings. The molecule has 0 spiro atoms. The van der Waals surface area contributed by atoms with E-state index in [-0.39, 0.29) is 6.61 Å². The van der Waals surface area contributed by atoms with E-state index in [1.807, 2.05) is 62.5 Å². The van der Waals surface area contributed by atoms with E-state index in [9.17, 15) is 5.11 Å². The largest absolute Gasteiger partial charge is 0.491 e. The Bertz CT molecular complexity index is 853. The maximum absolute atomic E-state index is 10.6. The van der Waals surface area contributed by atoms with Crippen molar-refractivity contribution < 1.29 is 9.84 Å². The van der Waals surface area contributed by atoms with Gasteiger partial charge in [-0.2, -0.15) is 0 Å². The van der Waals surface area contributed by atoms with E-state index in [2.05, 4.69) is 20.9 Å². The Kier molecular flexibility index (Phi) is 7.12. The number of aliphatic hydroxyl groups is 1. The lowest BCUT2D eigenvalue weighted by Crippen LogP contribution is -2.35. The van der Waals surface area contributed by atoms with Gasteiger partial charge in [-0.1, -0.05) is 29.8 Å². The molecule has 2 aromatic heterocycles. The standard InChI is InChI=1S/C23H27N3O2/c1-18-7-9-23(10-8-18)28-17-22(27)16-26(14-20-5-3-11-24-13-20)15-21-6-4-12-25-19(21)2/h3-13,22,27H,14-17H2,1-2H3. The molecule has 0 aliphatic rings. The van der Waals surface area contributed by atoms with E-state index in [4.69, 9.17) is 4.74 Å². The molecule has 5 nitrogen and oxygen atoms in total. The van der Waals surface area contributed by atoms with Gasteiger partial charge in [0.15, 0.2) is 0 Å². The van der Waals surface area contributed by atoms with Crippen molar-refractivity contribution in [3.8, 4) is 5.75 Å². The van der Waals surface area contributed by atoms with Crippen molar-refractivity contribution in [2.45, 2.75) is 33.0 Å². The van der Waals surface area contributed by atoms with E-state index in [1.54, 1.807) is 12.4 Å². The molecular weight excluding hydrogens is 350 g/mol. The Morgan fingerprint density at radius 2 is 1.79 bits per heavy atom. The van der Waals surface area contributed by atoms with E-state index in [0.29, 0.717) is 19.6 Å². The second-order valence-corrected chi connectivity index (χ2v) is 7.06. The van der Waals surface area contributed by atoms with Crippen LogP contribution in [0.25, 0.3) is 0 Å². The smallest absolute Gasteiger partial charge is 0.119 e. The molecule has 0 bridgehead atoms. The van der Waals surface area contributed by atoms with Crippen LogP contribution in [0.3, 0.4) is 0 Å². The zero-order chi connectivity index (χ0) is 19.8. The molecule has 0 radical (unpaired) electrons. The molecule has 28 heavy (non-hydrogen) atoms. The number of rotatable bonds is 9. The number of aryl methyl sites for hydroxylation is 2. The highest BCUT2D eigenvalue weighted by molar-refractivity contribution is 5.26. The van der Waals surface area contributed by atoms with Crippen LogP contribution in [0.4, 0.5) is 0 Å². The lowest BCUT2D eigenvalue weighted by molar-refractivity contribution is 0.0627. The maximum atomic E-state index is 10.6. The summed E-state index contributed by atoms with van der Waals surface area (Å²) in [6.45, 7) is 6.19. The van der Waals surface area contributed by atoms with Gasteiger partial charge in [0.1, 0.15) is 18.5 Å². The van der Waals surface area contributed by atoms with E-state index >= 15 is 0 Å². The molecule has 1 aromatic carbocycles. The first-order chi connectivity index (χ1) is 13.6. The molecule has 1 unspecified atom stereocenters. The highest BCUT2D eigenvalue weighted by Crippen LogP contribution is 2.14. The Hall–Kier alpha value is -2.76. The van der Waals surface area contributed by atoms with Crippen molar-refractivity contribution in [1.29, 1.82) is 0 Å². The second-order valence-electron chi connectivity index (χ2n) is 7.06. The fourth-order valence-electron chi connectivity index (χ4n) is 3.04. The lowest BCUT2D eigenvalue weighted by Gasteiger charge is -2.25. The van der Waals surface area contributed by atoms with Crippen LogP contribution in [0, 0.1) is 13.8 Å². The molecule has 0 aliphatic carbocycles. The number of nitrogens with zero attached hydrogens (tertiary/aromatic N) is 3. The SMILES string of the molecule is Cc1ccc(OCC(O)CN(Cc2cccnc2)Cc2cccnc2C)cc1. The van der Waals surface area contributed by atoms with Gasteiger partial charge in [0, 0.05) is 43.9 Å². The van der Waals surface area contributed by atoms with Crippen molar-refractivity contribution in [1.82, 2.24) is 14.9 Å². The summed E-state index contributed by atoms with van der Waals surface area (Å²) in [5, 5.41) is 10.6. The Morgan fingerprint density at radius 3 is 2.50 bits per heavy atom. The van der Waals surface area contributed by atoms with Gasteiger partial charge >= 0.3 is 0 Å². The zero-order valence-corrected chi connectivity index (χ0v) is 16.5. The fraction of sp³-hybridized carbons (Fsp3) is 0.304. The quantitative estimate of drug-likeness (QED) is 0.618. The molecule has 0 amide bonds. The minimum Gasteiger partial charge on any atom is -0.491 e. The topological polar surface area (TPSA) is 58.5 Å². The van der Waals surface area contributed by atoms with Crippen molar-refractivity contribution >= 4 is 0 Å². The molecule has 0 fully saturated rings. The summed E-state index contributed by atoms with van der Waals surface area (Å²) >= 11 is 0. The van der Waals surface area contributed by atoms with Gasteiger partial charge in [-0.3, -0.25) is 14.9 Å². The average Bonchev–Trinajstić information content (AvgIpc) is 2.70.